The number of benzene rings is 3. The zero-order chi connectivity index (χ0) is 21.7. The minimum atomic E-state index is -3.73. The number of rotatable bonds is 7. The van der Waals surface area contributed by atoms with E-state index in [1.807, 2.05) is 13.0 Å². The second-order valence-electron chi connectivity index (χ2n) is 6.70. The molecule has 0 aliphatic rings. The van der Waals surface area contributed by atoms with E-state index in [2.05, 4.69) is 10.0 Å². The number of hydrogen-bond acceptors (Lipinski definition) is 4. The number of ether oxygens (including phenoxy) is 1. The molecule has 6 nitrogen and oxygen atoms in total. The first-order valence-electron chi connectivity index (χ1n) is 9.12. The van der Waals surface area contributed by atoms with Gasteiger partial charge in [-0.3, -0.25) is 9.52 Å². The van der Waals surface area contributed by atoms with Crippen LogP contribution in [-0.2, 0) is 14.8 Å². The van der Waals surface area contributed by atoms with Crippen LogP contribution in [0.25, 0.3) is 0 Å². The van der Waals surface area contributed by atoms with Crippen molar-refractivity contribution in [2.24, 2.45) is 0 Å². The second kappa shape index (κ2) is 9.19. The Labute approximate surface area is 180 Å². The highest BCUT2D eigenvalue weighted by atomic mass is 35.5. The number of sulfonamides is 1. The van der Waals surface area contributed by atoms with Gasteiger partial charge in [0.2, 0.25) is 0 Å². The van der Waals surface area contributed by atoms with Crippen LogP contribution in [0.5, 0.6) is 5.75 Å². The first kappa shape index (κ1) is 21.7. The molecule has 0 radical (unpaired) electrons. The Morgan fingerprint density at radius 3 is 2.33 bits per heavy atom. The molecule has 0 aliphatic carbocycles. The summed E-state index contributed by atoms with van der Waals surface area (Å²) in [6.07, 6.45) is 0. The molecule has 0 bridgehead atoms. The van der Waals surface area contributed by atoms with Crippen LogP contribution in [0.2, 0.25) is 5.02 Å². The topological polar surface area (TPSA) is 84.5 Å². The van der Waals surface area contributed by atoms with Crippen molar-refractivity contribution in [2.75, 3.05) is 16.6 Å². The van der Waals surface area contributed by atoms with E-state index in [0.717, 1.165) is 5.56 Å². The van der Waals surface area contributed by atoms with Gasteiger partial charge in [0.05, 0.1) is 4.90 Å². The number of aryl methyl sites for hydroxylation is 2. The van der Waals surface area contributed by atoms with Crippen molar-refractivity contribution in [1.29, 1.82) is 0 Å². The van der Waals surface area contributed by atoms with E-state index < -0.39 is 10.0 Å². The Morgan fingerprint density at radius 1 is 0.933 bits per heavy atom. The molecular weight excluding hydrogens is 424 g/mol. The van der Waals surface area contributed by atoms with E-state index >= 15 is 0 Å². The van der Waals surface area contributed by atoms with Crippen LogP contribution in [0.15, 0.2) is 71.6 Å². The van der Waals surface area contributed by atoms with Crippen molar-refractivity contribution >= 4 is 38.9 Å². The molecule has 3 aromatic rings. The quantitative estimate of drug-likeness (QED) is 0.549. The number of hydrogen-bond donors (Lipinski definition) is 2. The Balaban J connectivity index is 1.63. The second-order valence-corrected chi connectivity index (χ2v) is 8.79. The molecule has 0 heterocycles. The molecule has 0 spiro atoms. The maximum absolute atomic E-state index is 12.6. The zero-order valence-corrected chi connectivity index (χ0v) is 18.0. The molecule has 0 unspecified atom stereocenters. The fourth-order valence-corrected chi connectivity index (χ4v) is 4.01. The SMILES string of the molecule is Cc1ccc(NC(=O)COc2ccc(S(=O)(=O)Nc3ccccc3)cc2C)cc1Cl. The molecule has 0 aliphatic heterocycles. The largest absolute Gasteiger partial charge is 0.483 e. The van der Waals surface area contributed by atoms with Gasteiger partial charge in [0, 0.05) is 16.4 Å². The minimum absolute atomic E-state index is 0.106. The third kappa shape index (κ3) is 5.52. The fourth-order valence-electron chi connectivity index (χ4n) is 2.68. The van der Waals surface area contributed by atoms with Gasteiger partial charge in [0.15, 0.2) is 6.61 Å². The van der Waals surface area contributed by atoms with Gasteiger partial charge in [0.1, 0.15) is 5.75 Å². The predicted octanol–water partition coefficient (Wildman–Crippen LogP) is 4.78. The smallest absolute Gasteiger partial charge is 0.262 e. The van der Waals surface area contributed by atoms with Gasteiger partial charge >= 0.3 is 0 Å². The molecule has 0 fully saturated rings. The van der Waals surface area contributed by atoms with Crippen molar-refractivity contribution in [2.45, 2.75) is 18.7 Å². The van der Waals surface area contributed by atoms with Crippen molar-refractivity contribution in [1.82, 2.24) is 0 Å². The molecule has 1 amide bonds. The summed E-state index contributed by atoms with van der Waals surface area (Å²) in [5, 5.41) is 3.27. The Morgan fingerprint density at radius 2 is 1.67 bits per heavy atom. The summed E-state index contributed by atoms with van der Waals surface area (Å²) in [5.74, 6) is 0.0718. The third-order valence-corrected chi connectivity index (χ3v) is 6.08. The van der Waals surface area contributed by atoms with Gasteiger partial charge in [-0.25, -0.2) is 8.42 Å². The third-order valence-electron chi connectivity index (χ3n) is 4.30. The lowest BCUT2D eigenvalue weighted by atomic mass is 10.2. The van der Waals surface area contributed by atoms with Crippen molar-refractivity contribution in [3.63, 3.8) is 0 Å². The van der Waals surface area contributed by atoms with Gasteiger partial charge in [-0.2, -0.15) is 0 Å². The van der Waals surface area contributed by atoms with Gasteiger partial charge in [-0.1, -0.05) is 35.9 Å². The summed E-state index contributed by atoms with van der Waals surface area (Å²) in [6, 6.07) is 18.3. The number of carbonyl (C=O) groups excluding carboxylic acids is 1. The maximum Gasteiger partial charge on any atom is 0.262 e. The van der Waals surface area contributed by atoms with Crippen LogP contribution in [0.3, 0.4) is 0 Å². The molecule has 3 aromatic carbocycles. The first-order chi connectivity index (χ1) is 14.2. The van der Waals surface area contributed by atoms with E-state index in [1.54, 1.807) is 49.4 Å². The Bertz CT molecular complexity index is 1170. The summed E-state index contributed by atoms with van der Waals surface area (Å²) < 4.78 is 33.2. The average molecular weight is 445 g/mol. The van der Waals surface area contributed by atoms with Crippen LogP contribution in [0.4, 0.5) is 11.4 Å². The molecular formula is C22H21ClN2O4S. The van der Waals surface area contributed by atoms with E-state index in [1.165, 1.54) is 18.2 Å². The summed E-state index contributed by atoms with van der Waals surface area (Å²) in [6.45, 7) is 3.37. The molecule has 0 atom stereocenters. The van der Waals surface area contributed by atoms with Crippen molar-refractivity contribution in [3.05, 3.63) is 82.9 Å². The molecule has 30 heavy (non-hydrogen) atoms. The lowest BCUT2D eigenvalue weighted by molar-refractivity contribution is -0.118. The average Bonchev–Trinajstić information content (AvgIpc) is 2.70. The highest BCUT2D eigenvalue weighted by molar-refractivity contribution is 7.92. The summed E-state index contributed by atoms with van der Waals surface area (Å²) in [5.41, 5.74) is 2.56. The van der Waals surface area contributed by atoms with Crippen LogP contribution < -0.4 is 14.8 Å². The Kier molecular flexibility index (Phi) is 6.64. The molecule has 3 rings (SSSR count). The molecule has 156 valence electrons. The normalized spacial score (nSPS) is 11.0. The highest BCUT2D eigenvalue weighted by Crippen LogP contribution is 2.24. The number of halogens is 1. The summed E-state index contributed by atoms with van der Waals surface area (Å²) >= 11 is 6.06. The van der Waals surface area contributed by atoms with Crippen molar-refractivity contribution < 1.29 is 17.9 Å². The maximum atomic E-state index is 12.6. The number of carbonyl (C=O) groups is 1. The highest BCUT2D eigenvalue weighted by Gasteiger charge is 2.16. The number of anilines is 2. The van der Waals surface area contributed by atoms with Crippen LogP contribution >= 0.6 is 11.6 Å². The van der Waals surface area contributed by atoms with Gasteiger partial charge in [-0.15, -0.1) is 0 Å². The first-order valence-corrected chi connectivity index (χ1v) is 11.0. The summed E-state index contributed by atoms with van der Waals surface area (Å²) in [7, 11) is -3.73. The molecule has 2 N–H and O–H groups in total. The van der Waals surface area contributed by atoms with Crippen LogP contribution in [-0.4, -0.2) is 20.9 Å². The Hall–Kier alpha value is -3.03. The van der Waals surface area contributed by atoms with Gasteiger partial charge in [-0.05, 0) is 67.4 Å². The number of para-hydroxylation sites is 1. The van der Waals surface area contributed by atoms with E-state index in [-0.39, 0.29) is 17.4 Å². The molecule has 0 aromatic heterocycles. The molecule has 8 heteroatoms. The fraction of sp³-hybridized carbons (Fsp3) is 0.136. The van der Waals surface area contributed by atoms with Crippen molar-refractivity contribution in [3.8, 4) is 5.75 Å². The van der Waals surface area contributed by atoms with Gasteiger partial charge < -0.3 is 10.1 Å². The number of amides is 1. The zero-order valence-electron chi connectivity index (χ0n) is 16.5. The lowest BCUT2D eigenvalue weighted by Crippen LogP contribution is -2.20. The predicted molar refractivity (Wildman–Crippen MR) is 119 cm³/mol. The van der Waals surface area contributed by atoms with Gasteiger partial charge in [0.25, 0.3) is 15.9 Å². The summed E-state index contributed by atoms with van der Waals surface area (Å²) in [4.78, 5) is 12.2. The monoisotopic (exact) mass is 444 g/mol. The van der Waals surface area contributed by atoms with E-state index in [4.69, 9.17) is 16.3 Å². The van der Waals surface area contributed by atoms with E-state index in [0.29, 0.717) is 27.7 Å². The minimum Gasteiger partial charge on any atom is -0.483 e. The van der Waals surface area contributed by atoms with Crippen LogP contribution in [0, 0.1) is 13.8 Å². The molecule has 0 saturated carbocycles. The standard InChI is InChI=1S/C22H21ClN2O4S/c1-15-8-9-18(13-20(15)23)24-22(26)14-29-21-11-10-19(12-16(21)2)30(27,28)25-17-6-4-3-5-7-17/h3-13,25H,14H2,1-2H3,(H,24,26). The lowest BCUT2D eigenvalue weighted by Gasteiger charge is -2.12. The molecule has 0 saturated heterocycles. The van der Waals surface area contributed by atoms with E-state index in [9.17, 15) is 13.2 Å². The number of nitrogens with one attached hydrogen (secondary N) is 2. The van der Waals surface area contributed by atoms with Crippen LogP contribution in [0.1, 0.15) is 11.1 Å².